The topological polar surface area (TPSA) is 26.0 Å². The van der Waals surface area contributed by atoms with Gasteiger partial charge in [-0.15, -0.1) is 0 Å². The second-order valence-corrected chi connectivity index (χ2v) is 1.69. The molecule has 0 heterocycles. The fourth-order valence-corrected chi connectivity index (χ4v) is 0.566. The van der Waals surface area contributed by atoms with Gasteiger partial charge >= 0.3 is 0 Å². The van der Waals surface area contributed by atoms with Gasteiger partial charge in [0, 0.05) is 0 Å². The van der Waals surface area contributed by atoms with Gasteiger partial charge in [0.25, 0.3) is 0 Å². The van der Waals surface area contributed by atoms with E-state index < -0.39 is 0 Å². The summed E-state index contributed by atoms with van der Waals surface area (Å²) < 4.78 is 0. The molecule has 1 heteroatoms. The molecule has 0 atom stereocenters. The van der Waals surface area contributed by atoms with Crippen molar-refractivity contribution in [2.45, 2.75) is 13.3 Å². The minimum atomic E-state index is 1.000. The minimum absolute atomic E-state index is 1.000. The molecule has 9 heavy (non-hydrogen) atoms. The molecule has 0 aliphatic rings. The van der Waals surface area contributed by atoms with Crippen molar-refractivity contribution in [3.63, 3.8) is 0 Å². The average molecular weight is 123 g/mol. The Bertz CT molecular complexity index is 132. The Morgan fingerprint density at radius 3 is 2.67 bits per heavy atom. The molecule has 0 fully saturated rings. The third-order valence-electron chi connectivity index (χ3n) is 1.05. The molecule has 0 amide bonds. The zero-order chi connectivity index (χ0) is 7.11. The van der Waals surface area contributed by atoms with Crippen LogP contribution in [-0.4, -0.2) is 0 Å². The van der Waals surface area contributed by atoms with E-state index >= 15 is 0 Å². The van der Waals surface area contributed by atoms with Gasteiger partial charge in [0.2, 0.25) is 0 Å². The summed E-state index contributed by atoms with van der Waals surface area (Å²) in [6.45, 7) is 5.66. The predicted molar refractivity (Wildman–Crippen MR) is 41.9 cm³/mol. The van der Waals surface area contributed by atoms with Gasteiger partial charge in [-0.2, -0.15) is 0 Å². The lowest BCUT2D eigenvalue weighted by atomic mass is 10.2. The van der Waals surface area contributed by atoms with E-state index in [2.05, 4.69) is 13.5 Å². The molecule has 0 aliphatic carbocycles. The van der Waals surface area contributed by atoms with Gasteiger partial charge in [-0.05, 0) is 24.3 Å². The molecular weight excluding hydrogens is 110 g/mol. The lowest BCUT2D eigenvalue weighted by molar-refractivity contribution is 1.15. The molecule has 1 nitrogen and oxygen atoms in total. The average Bonchev–Trinajstić information content (AvgIpc) is 1.88. The summed E-state index contributed by atoms with van der Waals surface area (Å²) in [5.74, 6) is 0. The van der Waals surface area contributed by atoms with Crippen LogP contribution >= 0.6 is 0 Å². The molecule has 0 aromatic heterocycles. The lowest BCUT2D eigenvalue weighted by Gasteiger charge is -1.90. The summed E-state index contributed by atoms with van der Waals surface area (Å²) in [4.78, 5) is 0. The monoisotopic (exact) mass is 123 g/mol. The molecule has 0 bridgehead atoms. The van der Waals surface area contributed by atoms with Gasteiger partial charge in [-0.1, -0.05) is 25.7 Å². The van der Waals surface area contributed by atoms with E-state index in [1.165, 1.54) is 5.57 Å². The Morgan fingerprint density at radius 1 is 1.67 bits per heavy atom. The second-order valence-electron chi connectivity index (χ2n) is 1.69. The van der Waals surface area contributed by atoms with Crippen LogP contribution in [-0.2, 0) is 0 Å². The first-order valence-corrected chi connectivity index (χ1v) is 3.05. The smallest absolute Gasteiger partial charge is 0.00596 e. The molecule has 0 aromatic carbocycles. The van der Waals surface area contributed by atoms with Gasteiger partial charge in [0.05, 0.1) is 0 Å². The van der Waals surface area contributed by atoms with Crippen LogP contribution in [0.5, 0.6) is 0 Å². The molecule has 0 aromatic rings. The number of hydrogen-bond acceptors (Lipinski definition) is 1. The van der Waals surface area contributed by atoms with Crippen molar-refractivity contribution in [1.29, 1.82) is 0 Å². The van der Waals surface area contributed by atoms with Crippen LogP contribution < -0.4 is 5.73 Å². The van der Waals surface area contributed by atoms with Gasteiger partial charge in [0.15, 0.2) is 0 Å². The summed E-state index contributed by atoms with van der Waals surface area (Å²) in [6, 6.07) is 0. The maximum atomic E-state index is 5.18. The summed E-state index contributed by atoms with van der Waals surface area (Å²) in [6.07, 6.45) is 8.13. The van der Waals surface area contributed by atoms with Crippen molar-refractivity contribution >= 4 is 0 Å². The molecule has 50 valence electrons. The summed E-state index contributed by atoms with van der Waals surface area (Å²) in [5, 5.41) is 0. The highest BCUT2D eigenvalue weighted by atomic mass is 14.5. The third kappa shape index (κ3) is 3.59. The van der Waals surface area contributed by atoms with E-state index in [0.29, 0.717) is 0 Å². The Kier molecular flexibility index (Phi) is 4.60. The van der Waals surface area contributed by atoms with Crippen LogP contribution in [0.3, 0.4) is 0 Å². The van der Waals surface area contributed by atoms with Crippen molar-refractivity contribution in [2.24, 2.45) is 5.73 Å². The highest BCUT2D eigenvalue weighted by molar-refractivity contribution is 5.21. The largest absolute Gasteiger partial charge is 0.405 e. The fourth-order valence-electron chi connectivity index (χ4n) is 0.566. The standard InChI is InChI=1S/C8H13N/c1-3-5-8(4-2)6-7-9/h3,5-7H,1,4,9H2,2H3/b7-6-,8-5-. The molecular formula is C8H13N. The highest BCUT2D eigenvalue weighted by Gasteiger charge is 1.81. The molecule has 0 saturated carbocycles. The Hall–Kier alpha value is -0.980. The normalized spacial score (nSPS) is 12.3. The van der Waals surface area contributed by atoms with Crippen LogP contribution in [0.15, 0.2) is 36.6 Å². The Morgan fingerprint density at radius 2 is 2.33 bits per heavy atom. The number of nitrogens with two attached hydrogens (primary N) is 1. The zero-order valence-corrected chi connectivity index (χ0v) is 5.80. The molecule has 0 aliphatic heterocycles. The quantitative estimate of drug-likeness (QED) is 0.570. The summed E-state index contributed by atoms with van der Waals surface area (Å²) in [5.41, 5.74) is 6.38. The van der Waals surface area contributed by atoms with Crippen LogP contribution in [0.25, 0.3) is 0 Å². The van der Waals surface area contributed by atoms with Gasteiger partial charge in [0.1, 0.15) is 0 Å². The molecule has 0 saturated heterocycles. The molecule has 2 N–H and O–H groups in total. The minimum Gasteiger partial charge on any atom is -0.405 e. The van der Waals surface area contributed by atoms with Crippen LogP contribution in [0.1, 0.15) is 13.3 Å². The first-order valence-electron chi connectivity index (χ1n) is 3.05. The van der Waals surface area contributed by atoms with Gasteiger partial charge < -0.3 is 5.73 Å². The van der Waals surface area contributed by atoms with Crippen molar-refractivity contribution in [1.82, 2.24) is 0 Å². The number of hydrogen-bond donors (Lipinski definition) is 1. The highest BCUT2D eigenvalue weighted by Crippen LogP contribution is 2.00. The first-order chi connectivity index (χ1) is 4.35. The molecule has 0 unspecified atom stereocenters. The maximum absolute atomic E-state index is 5.18. The van der Waals surface area contributed by atoms with Gasteiger partial charge in [-0.25, -0.2) is 0 Å². The maximum Gasteiger partial charge on any atom is -0.00596 e. The number of allylic oxidation sites excluding steroid dienone is 4. The lowest BCUT2D eigenvalue weighted by Crippen LogP contribution is -1.79. The second kappa shape index (κ2) is 5.16. The van der Waals surface area contributed by atoms with E-state index in [1.807, 2.05) is 12.2 Å². The van der Waals surface area contributed by atoms with Crippen molar-refractivity contribution < 1.29 is 0 Å². The van der Waals surface area contributed by atoms with E-state index in [1.54, 1.807) is 12.3 Å². The SMILES string of the molecule is C=C/C=C(\C=C/N)CC. The molecule has 0 spiro atoms. The fraction of sp³-hybridized carbons (Fsp3) is 0.250. The van der Waals surface area contributed by atoms with E-state index in [4.69, 9.17) is 5.73 Å². The van der Waals surface area contributed by atoms with E-state index in [-0.39, 0.29) is 0 Å². The van der Waals surface area contributed by atoms with E-state index in [9.17, 15) is 0 Å². The first kappa shape index (κ1) is 8.02. The van der Waals surface area contributed by atoms with Crippen molar-refractivity contribution in [3.05, 3.63) is 36.6 Å². The zero-order valence-electron chi connectivity index (χ0n) is 5.80. The van der Waals surface area contributed by atoms with Crippen LogP contribution in [0.4, 0.5) is 0 Å². The summed E-state index contributed by atoms with van der Waals surface area (Å²) >= 11 is 0. The Balaban J connectivity index is 3.96. The number of rotatable bonds is 3. The van der Waals surface area contributed by atoms with Crippen LogP contribution in [0, 0.1) is 0 Å². The Labute approximate surface area is 56.6 Å². The summed E-state index contributed by atoms with van der Waals surface area (Å²) in [7, 11) is 0. The van der Waals surface area contributed by atoms with E-state index in [0.717, 1.165) is 6.42 Å². The molecule has 0 radical (unpaired) electrons. The van der Waals surface area contributed by atoms with Crippen LogP contribution in [0.2, 0.25) is 0 Å². The molecule has 0 rings (SSSR count). The third-order valence-corrected chi connectivity index (χ3v) is 1.05. The van der Waals surface area contributed by atoms with Gasteiger partial charge in [-0.3, -0.25) is 0 Å². The van der Waals surface area contributed by atoms with Crippen molar-refractivity contribution in [2.75, 3.05) is 0 Å². The predicted octanol–water partition coefficient (Wildman–Crippen LogP) is 1.98. The van der Waals surface area contributed by atoms with Crippen molar-refractivity contribution in [3.8, 4) is 0 Å².